The highest BCUT2D eigenvalue weighted by molar-refractivity contribution is 5.49. The van der Waals surface area contributed by atoms with Gasteiger partial charge >= 0.3 is 6.18 Å². The molecule has 1 unspecified atom stereocenters. The SMILES string of the molecule is Nc1ccc(C(F)(F)F)cc1CC1CCCO1. The minimum absolute atomic E-state index is 0.000726. The lowest BCUT2D eigenvalue weighted by molar-refractivity contribution is -0.137. The molecular weight excluding hydrogens is 231 g/mol. The topological polar surface area (TPSA) is 35.2 Å². The number of nitrogens with two attached hydrogens (primary N) is 1. The zero-order valence-electron chi connectivity index (χ0n) is 9.26. The monoisotopic (exact) mass is 245 g/mol. The highest BCUT2D eigenvalue weighted by atomic mass is 19.4. The van der Waals surface area contributed by atoms with Crippen molar-refractivity contribution < 1.29 is 17.9 Å². The van der Waals surface area contributed by atoms with E-state index in [0.29, 0.717) is 24.3 Å². The van der Waals surface area contributed by atoms with Crippen LogP contribution in [-0.2, 0) is 17.3 Å². The van der Waals surface area contributed by atoms with Crippen LogP contribution in [0.2, 0.25) is 0 Å². The average Bonchev–Trinajstić information content (AvgIpc) is 2.72. The van der Waals surface area contributed by atoms with Crippen molar-refractivity contribution in [3.8, 4) is 0 Å². The summed E-state index contributed by atoms with van der Waals surface area (Å²) in [4.78, 5) is 0. The van der Waals surface area contributed by atoms with Crippen LogP contribution < -0.4 is 5.73 Å². The Morgan fingerprint density at radius 2 is 2.12 bits per heavy atom. The van der Waals surface area contributed by atoms with Gasteiger partial charge < -0.3 is 10.5 Å². The van der Waals surface area contributed by atoms with E-state index in [1.807, 2.05) is 0 Å². The lowest BCUT2D eigenvalue weighted by Crippen LogP contribution is -2.12. The fourth-order valence-electron chi connectivity index (χ4n) is 2.01. The first-order chi connectivity index (χ1) is 7.97. The molecule has 1 aromatic carbocycles. The van der Waals surface area contributed by atoms with Gasteiger partial charge in [-0.1, -0.05) is 0 Å². The molecule has 0 bridgehead atoms. The van der Waals surface area contributed by atoms with Gasteiger partial charge in [-0.05, 0) is 36.6 Å². The third-order valence-electron chi connectivity index (χ3n) is 2.94. The number of anilines is 1. The zero-order valence-corrected chi connectivity index (χ0v) is 9.26. The van der Waals surface area contributed by atoms with Crippen molar-refractivity contribution in [3.63, 3.8) is 0 Å². The third kappa shape index (κ3) is 2.91. The Labute approximate surface area is 97.6 Å². The Hall–Kier alpha value is -1.23. The van der Waals surface area contributed by atoms with Gasteiger partial charge in [0.05, 0.1) is 11.7 Å². The van der Waals surface area contributed by atoms with Gasteiger partial charge in [-0.15, -0.1) is 0 Å². The summed E-state index contributed by atoms with van der Waals surface area (Å²) in [6, 6.07) is 3.44. The Bertz CT molecular complexity index is 397. The smallest absolute Gasteiger partial charge is 0.399 e. The Morgan fingerprint density at radius 3 is 2.71 bits per heavy atom. The lowest BCUT2D eigenvalue weighted by atomic mass is 10.0. The predicted octanol–water partition coefficient (Wildman–Crippen LogP) is 3.01. The van der Waals surface area contributed by atoms with Crippen molar-refractivity contribution >= 4 is 5.69 Å². The van der Waals surface area contributed by atoms with Crippen LogP contribution in [0.1, 0.15) is 24.0 Å². The predicted molar refractivity (Wildman–Crippen MR) is 58.5 cm³/mol. The minimum Gasteiger partial charge on any atom is -0.399 e. The molecule has 2 N–H and O–H groups in total. The molecule has 0 saturated carbocycles. The van der Waals surface area contributed by atoms with Gasteiger partial charge in [0, 0.05) is 18.7 Å². The van der Waals surface area contributed by atoms with E-state index in [9.17, 15) is 13.2 Å². The third-order valence-corrected chi connectivity index (χ3v) is 2.94. The second-order valence-electron chi connectivity index (χ2n) is 4.25. The average molecular weight is 245 g/mol. The number of alkyl halides is 3. The van der Waals surface area contributed by atoms with Crippen molar-refractivity contribution in [1.82, 2.24) is 0 Å². The highest BCUT2D eigenvalue weighted by Gasteiger charge is 2.31. The Balaban J connectivity index is 2.20. The van der Waals surface area contributed by atoms with Crippen molar-refractivity contribution in [1.29, 1.82) is 0 Å². The maximum atomic E-state index is 12.5. The molecule has 0 radical (unpaired) electrons. The summed E-state index contributed by atoms with van der Waals surface area (Å²) in [5.41, 5.74) is 5.95. The fraction of sp³-hybridized carbons (Fsp3) is 0.500. The molecule has 1 aliphatic rings. The first kappa shape index (κ1) is 12.2. The van der Waals surface area contributed by atoms with Gasteiger partial charge in [0.1, 0.15) is 0 Å². The summed E-state index contributed by atoms with van der Waals surface area (Å²) in [7, 11) is 0. The molecule has 1 saturated heterocycles. The summed E-state index contributed by atoms with van der Waals surface area (Å²) in [6.07, 6.45) is -2.02. The molecule has 2 nitrogen and oxygen atoms in total. The van der Waals surface area contributed by atoms with Crippen LogP contribution in [0.15, 0.2) is 18.2 Å². The van der Waals surface area contributed by atoms with Crippen molar-refractivity contribution in [2.24, 2.45) is 0 Å². The minimum atomic E-state index is -4.32. The number of nitrogen functional groups attached to an aromatic ring is 1. The molecule has 1 heterocycles. The van der Waals surface area contributed by atoms with Gasteiger partial charge in [-0.2, -0.15) is 13.2 Å². The Morgan fingerprint density at radius 1 is 1.35 bits per heavy atom. The molecule has 94 valence electrons. The van der Waals surface area contributed by atoms with Gasteiger partial charge in [-0.25, -0.2) is 0 Å². The van der Waals surface area contributed by atoms with Crippen LogP contribution in [0.3, 0.4) is 0 Å². The van der Waals surface area contributed by atoms with E-state index in [1.54, 1.807) is 0 Å². The Kier molecular flexibility index (Phi) is 3.28. The molecule has 17 heavy (non-hydrogen) atoms. The number of benzene rings is 1. The molecule has 2 rings (SSSR count). The van der Waals surface area contributed by atoms with Crippen LogP contribution in [-0.4, -0.2) is 12.7 Å². The summed E-state index contributed by atoms with van der Waals surface area (Å²) >= 11 is 0. The second-order valence-corrected chi connectivity index (χ2v) is 4.25. The normalized spacial score (nSPS) is 20.8. The standard InChI is InChI=1S/C12H14F3NO/c13-12(14,15)9-3-4-11(16)8(6-9)7-10-2-1-5-17-10/h3-4,6,10H,1-2,5,7,16H2. The molecule has 0 aromatic heterocycles. The van der Waals surface area contributed by atoms with E-state index >= 15 is 0 Å². The van der Waals surface area contributed by atoms with E-state index in [4.69, 9.17) is 10.5 Å². The van der Waals surface area contributed by atoms with Gasteiger partial charge in [0.25, 0.3) is 0 Å². The highest BCUT2D eigenvalue weighted by Crippen LogP contribution is 2.32. The van der Waals surface area contributed by atoms with Gasteiger partial charge in [-0.3, -0.25) is 0 Å². The molecule has 1 aliphatic heterocycles. The summed E-state index contributed by atoms with van der Waals surface area (Å²) in [6.45, 7) is 0.684. The maximum Gasteiger partial charge on any atom is 0.416 e. The number of rotatable bonds is 2. The quantitative estimate of drug-likeness (QED) is 0.813. The first-order valence-corrected chi connectivity index (χ1v) is 5.54. The van der Waals surface area contributed by atoms with Gasteiger partial charge in [0.15, 0.2) is 0 Å². The summed E-state index contributed by atoms with van der Waals surface area (Å²) in [5.74, 6) is 0. The molecule has 0 aliphatic carbocycles. The molecular formula is C12H14F3NO. The first-order valence-electron chi connectivity index (χ1n) is 5.54. The molecule has 5 heteroatoms. The summed E-state index contributed by atoms with van der Waals surface area (Å²) in [5, 5.41) is 0. The van der Waals surface area contributed by atoms with Crippen LogP contribution >= 0.6 is 0 Å². The largest absolute Gasteiger partial charge is 0.416 e. The van der Waals surface area contributed by atoms with E-state index in [2.05, 4.69) is 0 Å². The molecule has 0 amide bonds. The molecule has 1 aromatic rings. The van der Waals surface area contributed by atoms with Crippen LogP contribution in [0.5, 0.6) is 0 Å². The van der Waals surface area contributed by atoms with Crippen molar-refractivity contribution in [3.05, 3.63) is 29.3 Å². The molecule has 1 fully saturated rings. The number of hydrogen-bond acceptors (Lipinski definition) is 2. The number of halogens is 3. The van der Waals surface area contributed by atoms with Crippen molar-refractivity contribution in [2.75, 3.05) is 12.3 Å². The van der Waals surface area contributed by atoms with E-state index in [1.165, 1.54) is 6.07 Å². The van der Waals surface area contributed by atoms with E-state index < -0.39 is 11.7 Å². The van der Waals surface area contributed by atoms with Gasteiger partial charge in [0.2, 0.25) is 0 Å². The molecule has 1 atom stereocenters. The fourth-order valence-corrected chi connectivity index (χ4v) is 2.01. The molecule has 0 spiro atoms. The van der Waals surface area contributed by atoms with E-state index in [0.717, 1.165) is 25.0 Å². The summed E-state index contributed by atoms with van der Waals surface area (Å²) < 4.78 is 43.0. The number of ether oxygens (including phenoxy) is 1. The van der Waals surface area contributed by atoms with E-state index in [-0.39, 0.29) is 6.10 Å². The van der Waals surface area contributed by atoms with Crippen LogP contribution in [0, 0.1) is 0 Å². The number of hydrogen-bond donors (Lipinski definition) is 1. The second kappa shape index (κ2) is 4.56. The maximum absolute atomic E-state index is 12.5. The van der Waals surface area contributed by atoms with Crippen molar-refractivity contribution in [2.45, 2.75) is 31.5 Å². The zero-order chi connectivity index (χ0) is 12.5. The van der Waals surface area contributed by atoms with Crippen LogP contribution in [0.25, 0.3) is 0 Å². The lowest BCUT2D eigenvalue weighted by Gasteiger charge is -2.14. The van der Waals surface area contributed by atoms with Crippen LogP contribution in [0.4, 0.5) is 18.9 Å².